The van der Waals surface area contributed by atoms with Crippen LogP contribution in [0.4, 0.5) is 0 Å². The third kappa shape index (κ3) is 4.19. The van der Waals surface area contributed by atoms with Gasteiger partial charge in [0.1, 0.15) is 10.8 Å². The van der Waals surface area contributed by atoms with Crippen LogP contribution in [0.25, 0.3) is 0 Å². The van der Waals surface area contributed by atoms with Gasteiger partial charge in [0.25, 0.3) is 0 Å². The van der Waals surface area contributed by atoms with Gasteiger partial charge in [-0.2, -0.15) is 0 Å². The summed E-state index contributed by atoms with van der Waals surface area (Å²) in [5, 5.41) is 4.40. The monoisotopic (exact) mass is 303 g/mol. The highest BCUT2D eigenvalue weighted by Crippen LogP contribution is 2.37. The van der Waals surface area contributed by atoms with E-state index >= 15 is 0 Å². The van der Waals surface area contributed by atoms with Crippen molar-refractivity contribution in [1.29, 1.82) is 0 Å². The zero-order valence-corrected chi connectivity index (χ0v) is 13.5. The molecule has 112 valence electrons. The Morgan fingerprint density at radius 3 is 2.86 bits per heavy atom. The lowest BCUT2D eigenvalue weighted by Gasteiger charge is -2.20. The molecule has 1 N–H and O–H groups in total. The van der Waals surface area contributed by atoms with Crippen LogP contribution in [0, 0.1) is 0 Å². The molecule has 0 spiro atoms. The Balaban J connectivity index is 2.31. The molecule has 1 heterocycles. The first-order valence-electron chi connectivity index (χ1n) is 7.10. The van der Waals surface area contributed by atoms with Crippen molar-refractivity contribution in [1.82, 2.24) is 15.3 Å². The third-order valence-corrected chi connectivity index (χ3v) is 4.13. The molecule has 0 aliphatic rings. The van der Waals surface area contributed by atoms with Gasteiger partial charge in [-0.3, -0.25) is 4.98 Å². The van der Waals surface area contributed by atoms with Crippen LogP contribution < -0.4 is 10.1 Å². The zero-order valence-electron chi connectivity index (χ0n) is 12.7. The van der Waals surface area contributed by atoms with Crippen LogP contribution in [-0.4, -0.2) is 23.6 Å². The van der Waals surface area contributed by atoms with Crippen molar-refractivity contribution in [3.63, 3.8) is 0 Å². The van der Waals surface area contributed by atoms with Crippen LogP contribution in [0.2, 0.25) is 0 Å². The molecule has 1 aromatic carbocycles. The van der Waals surface area contributed by atoms with Crippen molar-refractivity contribution < 1.29 is 4.74 Å². The van der Waals surface area contributed by atoms with E-state index in [0.717, 1.165) is 28.6 Å². The molecule has 5 heteroatoms. The van der Waals surface area contributed by atoms with Crippen molar-refractivity contribution in [3.05, 3.63) is 42.4 Å². The quantitative estimate of drug-likeness (QED) is 0.845. The van der Waals surface area contributed by atoms with Crippen molar-refractivity contribution >= 4 is 11.8 Å². The molecule has 0 bridgehead atoms. The lowest BCUT2D eigenvalue weighted by Crippen LogP contribution is -2.20. The van der Waals surface area contributed by atoms with Gasteiger partial charge in [0.2, 0.25) is 0 Å². The van der Waals surface area contributed by atoms with E-state index in [0.29, 0.717) is 0 Å². The van der Waals surface area contributed by atoms with Crippen LogP contribution in [-0.2, 0) is 0 Å². The smallest absolute Gasteiger partial charge is 0.124 e. The summed E-state index contributed by atoms with van der Waals surface area (Å²) in [6.07, 6.45) is 6.27. The number of rotatable bonds is 7. The number of benzene rings is 1. The minimum atomic E-state index is 0.222. The molecule has 0 radical (unpaired) electrons. The van der Waals surface area contributed by atoms with E-state index in [-0.39, 0.29) is 6.04 Å². The number of hydrogen-bond donors (Lipinski definition) is 1. The molecule has 0 aliphatic carbocycles. The van der Waals surface area contributed by atoms with E-state index in [1.54, 1.807) is 37.5 Å². The summed E-state index contributed by atoms with van der Waals surface area (Å²) in [6, 6.07) is 6.33. The Kier molecular flexibility index (Phi) is 6.02. The maximum Gasteiger partial charge on any atom is 0.124 e. The summed E-state index contributed by atoms with van der Waals surface area (Å²) >= 11 is 1.61. The number of ether oxygens (including phenoxy) is 1. The predicted molar refractivity (Wildman–Crippen MR) is 85.9 cm³/mol. The average Bonchev–Trinajstić information content (AvgIpc) is 2.53. The van der Waals surface area contributed by atoms with Gasteiger partial charge in [-0.25, -0.2) is 4.98 Å². The Morgan fingerprint density at radius 1 is 1.33 bits per heavy atom. The fraction of sp³-hybridized carbons (Fsp3) is 0.375. The van der Waals surface area contributed by atoms with Crippen LogP contribution in [0.5, 0.6) is 5.75 Å². The summed E-state index contributed by atoms with van der Waals surface area (Å²) in [7, 11) is 1.71. The fourth-order valence-electron chi connectivity index (χ4n) is 2.13. The standard InChI is InChI=1S/C16H21N3OS/c1-4-8-18-12(2)16-13(20-3)6-5-7-14(16)21-15-11-17-9-10-19-15/h5-7,9-12,18H,4,8H2,1-3H3. The van der Waals surface area contributed by atoms with E-state index in [1.807, 2.05) is 12.1 Å². The molecule has 0 amide bonds. The Bertz CT molecular complexity index is 563. The molecule has 21 heavy (non-hydrogen) atoms. The first-order chi connectivity index (χ1) is 10.3. The normalized spacial score (nSPS) is 12.1. The van der Waals surface area contributed by atoms with E-state index in [1.165, 1.54) is 5.56 Å². The molecule has 2 aromatic rings. The topological polar surface area (TPSA) is 47.0 Å². The minimum Gasteiger partial charge on any atom is -0.496 e. The number of nitrogens with zero attached hydrogens (tertiary/aromatic N) is 2. The van der Waals surface area contributed by atoms with Gasteiger partial charge in [-0.15, -0.1) is 0 Å². The second-order valence-electron chi connectivity index (χ2n) is 4.69. The predicted octanol–water partition coefficient (Wildman–Crippen LogP) is 3.70. The first-order valence-corrected chi connectivity index (χ1v) is 7.92. The molecule has 0 saturated carbocycles. The number of methoxy groups -OCH3 is 1. The third-order valence-electron chi connectivity index (χ3n) is 3.13. The summed E-state index contributed by atoms with van der Waals surface area (Å²) in [5.74, 6) is 0.903. The average molecular weight is 303 g/mol. The van der Waals surface area contributed by atoms with Crippen molar-refractivity contribution in [2.75, 3.05) is 13.7 Å². The molecule has 1 unspecified atom stereocenters. The summed E-state index contributed by atoms with van der Waals surface area (Å²) < 4.78 is 5.54. The molecule has 1 aromatic heterocycles. The highest BCUT2D eigenvalue weighted by atomic mass is 32.2. The Hall–Kier alpha value is -1.59. The summed E-state index contributed by atoms with van der Waals surface area (Å²) in [6.45, 7) is 5.31. The summed E-state index contributed by atoms with van der Waals surface area (Å²) in [5.41, 5.74) is 1.17. The second-order valence-corrected chi connectivity index (χ2v) is 5.76. The van der Waals surface area contributed by atoms with Crippen LogP contribution >= 0.6 is 11.8 Å². The van der Waals surface area contributed by atoms with Crippen molar-refractivity contribution in [2.45, 2.75) is 36.2 Å². The SMILES string of the molecule is CCCNC(C)c1c(OC)cccc1Sc1cnccn1. The number of hydrogen-bond acceptors (Lipinski definition) is 5. The first kappa shape index (κ1) is 15.8. The Labute approximate surface area is 130 Å². The van der Waals surface area contributed by atoms with Crippen molar-refractivity contribution in [2.24, 2.45) is 0 Å². The second kappa shape index (κ2) is 8.00. The molecule has 2 rings (SSSR count). The van der Waals surface area contributed by atoms with Gasteiger partial charge in [-0.05, 0) is 32.0 Å². The van der Waals surface area contributed by atoms with Gasteiger partial charge in [0.15, 0.2) is 0 Å². The molecule has 0 saturated heterocycles. The van der Waals surface area contributed by atoms with Gasteiger partial charge in [-0.1, -0.05) is 24.8 Å². The van der Waals surface area contributed by atoms with Gasteiger partial charge in [0.05, 0.1) is 13.3 Å². The number of nitrogens with one attached hydrogen (secondary N) is 1. The van der Waals surface area contributed by atoms with Crippen LogP contribution in [0.1, 0.15) is 31.9 Å². The fourth-order valence-corrected chi connectivity index (χ4v) is 3.12. The lowest BCUT2D eigenvalue weighted by molar-refractivity contribution is 0.399. The Morgan fingerprint density at radius 2 is 2.19 bits per heavy atom. The highest BCUT2D eigenvalue weighted by molar-refractivity contribution is 7.99. The maximum absolute atomic E-state index is 5.54. The van der Waals surface area contributed by atoms with Gasteiger partial charge < -0.3 is 10.1 Å². The van der Waals surface area contributed by atoms with E-state index in [9.17, 15) is 0 Å². The summed E-state index contributed by atoms with van der Waals surface area (Å²) in [4.78, 5) is 9.59. The van der Waals surface area contributed by atoms with Gasteiger partial charge >= 0.3 is 0 Å². The van der Waals surface area contributed by atoms with Crippen molar-refractivity contribution in [3.8, 4) is 5.75 Å². The molecule has 0 fully saturated rings. The highest BCUT2D eigenvalue weighted by Gasteiger charge is 2.16. The molecule has 0 aliphatic heterocycles. The van der Waals surface area contributed by atoms with Crippen LogP contribution in [0.3, 0.4) is 0 Å². The minimum absolute atomic E-state index is 0.222. The molecular formula is C16H21N3OS. The largest absolute Gasteiger partial charge is 0.496 e. The molecular weight excluding hydrogens is 282 g/mol. The lowest BCUT2D eigenvalue weighted by atomic mass is 10.1. The van der Waals surface area contributed by atoms with E-state index < -0.39 is 0 Å². The molecule has 4 nitrogen and oxygen atoms in total. The van der Waals surface area contributed by atoms with Crippen LogP contribution in [0.15, 0.2) is 46.7 Å². The molecule has 1 atom stereocenters. The van der Waals surface area contributed by atoms with Gasteiger partial charge in [0, 0.05) is 28.9 Å². The number of aromatic nitrogens is 2. The van der Waals surface area contributed by atoms with E-state index in [2.05, 4.69) is 35.2 Å². The maximum atomic E-state index is 5.54. The van der Waals surface area contributed by atoms with E-state index in [4.69, 9.17) is 4.74 Å². The zero-order chi connectivity index (χ0) is 15.1.